The Morgan fingerprint density at radius 2 is 2.08 bits per heavy atom. The molecule has 140 valence electrons. The van der Waals surface area contributed by atoms with Crippen molar-refractivity contribution in [3.8, 4) is 0 Å². The number of aryl methyl sites for hydroxylation is 2. The van der Waals surface area contributed by atoms with Crippen LogP contribution in [0.1, 0.15) is 60.7 Å². The van der Waals surface area contributed by atoms with Gasteiger partial charge in [-0.2, -0.15) is 0 Å². The van der Waals surface area contributed by atoms with Crippen LogP contribution in [-0.2, 0) is 6.42 Å². The fourth-order valence-electron chi connectivity index (χ4n) is 3.72. The third-order valence-corrected chi connectivity index (χ3v) is 5.21. The lowest BCUT2D eigenvalue weighted by Crippen LogP contribution is -2.29. The summed E-state index contributed by atoms with van der Waals surface area (Å²) in [5.41, 5.74) is 3.67. The maximum Gasteiger partial charge on any atom is 0.191 e. The third kappa shape index (κ3) is 5.29. The smallest absolute Gasteiger partial charge is 0.191 e. The zero-order chi connectivity index (χ0) is 18.2. The molecule has 1 aromatic heterocycles. The number of allylic oxidation sites excluding steroid dienone is 1. The van der Waals surface area contributed by atoms with Gasteiger partial charge in [0.1, 0.15) is 12.0 Å². The molecule has 26 heavy (non-hydrogen) atoms. The predicted molar refractivity (Wildman–Crippen MR) is 105 cm³/mol. The lowest BCUT2D eigenvalue weighted by atomic mass is 9.91. The van der Waals surface area contributed by atoms with Crippen LogP contribution in [0, 0.1) is 6.92 Å². The molecule has 1 aliphatic rings. The second-order valence-electron chi connectivity index (χ2n) is 7.17. The molecule has 0 spiro atoms. The van der Waals surface area contributed by atoms with Crippen LogP contribution in [0.5, 0.6) is 0 Å². The average molecular weight is 354 g/mol. The highest BCUT2D eigenvalue weighted by Gasteiger charge is 2.27. The Bertz CT molecular complexity index is 690. The minimum absolute atomic E-state index is 0.218. The van der Waals surface area contributed by atoms with E-state index in [0.29, 0.717) is 11.8 Å². The van der Waals surface area contributed by atoms with Crippen LogP contribution in [0.4, 0.5) is 0 Å². The number of aromatic nitrogens is 1. The second-order valence-corrected chi connectivity index (χ2v) is 7.17. The van der Waals surface area contributed by atoms with Crippen LogP contribution in [0.15, 0.2) is 41.0 Å². The summed E-state index contributed by atoms with van der Waals surface area (Å²) in [6.07, 6.45) is 12.9. The van der Waals surface area contributed by atoms with Gasteiger partial charge in [-0.3, -0.25) is 0 Å². The number of hydrogen-bond donors (Lipinski definition) is 2. The SMILES string of the molecule is Cc1nc(/C=C/CCCCCc2ccc([C@H]3CCN[C@@H]3CO)cc2)co1. The van der Waals surface area contributed by atoms with Crippen molar-refractivity contribution in [2.45, 2.75) is 57.4 Å². The van der Waals surface area contributed by atoms with Crippen molar-refractivity contribution in [2.75, 3.05) is 13.2 Å². The lowest BCUT2D eigenvalue weighted by molar-refractivity contribution is 0.245. The zero-order valence-corrected chi connectivity index (χ0v) is 15.7. The summed E-state index contributed by atoms with van der Waals surface area (Å²) in [6.45, 7) is 3.08. The lowest BCUT2D eigenvalue weighted by Gasteiger charge is -2.17. The number of unbranched alkanes of at least 4 members (excludes halogenated alkanes) is 3. The predicted octanol–water partition coefficient (Wildman–Crippen LogP) is 4.24. The Morgan fingerprint density at radius 1 is 1.23 bits per heavy atom. The van der Waals surface area contributed by atoms with Crippen molar-refractivity contribution in [2.24, 2.45) is 0 Å². The first kappa shape index (κ1) is 18.9. The van der Waals surface area contributed by atoms with E-state index in [1.807, 2.05) is 13.0 Å². The summed E-state index contributed by atoms with van der Waals surface area (Å²) in [4.78, 5) is 4.26. The summed E-state index contributed by atoms with van der Waals surface area (Å²) in [5.74, 6) is 1.17. The van der Waals surface area contributed by atoms with Gasteiger partial charge in [-0.05, 0) is 55.9 Å². The van der Waals surface area contributed by atoms with Gasteiger partial charge in [-0.25, -0.2) is 4.98 Å². The van der Waals surface area contributed by atoms with Gasteiger partial charge in [-0.1, -0.05) is 36.8 Å². The number of rotatable bonds is 9. The van der Waals surface area contributed by atoms with Crippen LogP contribution in [0.3, 0.4) is 0 Å². The van der Waals surface area contributed by atoms with Crippen molar-refractivity contribution in [3.63, 3.8) is 0 Å². The molecule has 2 heterocycles. The number of benzene rings is 1. The molecule has 0 saturated carbocycles. The molecule has 1 aliphatic heterocycles. The number of nitrogens with one attached hydrogen (secondary N) is 1. The van der Waals surface area contributed by atoms with E-state index in [1.54, 1.807) is 6.26 Å². The summed E-state index contributed by atoms with van der Waals surface area (Å²) in [5, 5.41) is 12.8. The van der Waals surface area contributed by atoms with Gasteiger partial charge in [0.2, 0.25) is 0 Å². The van der Waals surface area contributed by atoms with Gasteiger partial charge in [0.25, 0.3) is 0 Å². The normalized spacial score (nSPS) is 20.2. The van der Waals surface area contributed by atoms with Gasteiger partial charge in [-0.15, -0.1) is 0 Å². The van der Waals surface area contributed by atoms with E-state index in [-0.39, 0.29) is 12.6 Å². The molecular weight excluding hydrogens is 324 g/mol. The number of hydrogen-bond acceptors (Lipinski definition) is 4. The van der Waals surface area contributed by atoms with Crippen LogP contribution in [0.2, 0.25) is 0 Å². The Kier molecular flexibility index (Phi) is 7.04. The highest BCUT2D eigenvalue weighted by Crippen LogP contribution is 2.27. The van der Waals surface area contributed by atoms with Crippen molar-refractivity contribution in [1.82, 2.24) is 10.3 Å². The molecule has 3 rings (SSSR count). The Balaban J connectivity index is 1.34. The van der Waals surface area contributed by atoms with E-state index >= 15 is 0 Å². The summed E-state index contributed by atoms with van der Waals surface area (Å²) in [6, 6.07) is 9.23. The molecule has 0 aliphatic carbocycles. The van der Waals surface area contributed by atoms with Gasteiger partial charge < -0.3 is 14.8 Å². The molecule has 4 nitrogen and oxygen atoms in total. The first-order valence-corrected chi connectivity index (χ1v) is 9.78. The molecule has 4 heteroatoms. The Morgan fingerprint density at radius 3 is 2.81 bits per heavy atom. The number of oxazole rings is 1. The molecule has 0 radical (unpaired) electrons. The van der Waals surface area contributed by atoms with Gasteiger partial charge in [0, 0.05) is 18.9 Å². The van der Waals surface area contributed by atoms with Crippen LogP contribution >= 0.6 is 0 Å². The molecule has 2 N–H and O–H groups in total. The molecule has 1 fully saturated rings. The fourth-order valence-corrected chi connectivity index (χ4v) is 3.72. The molecule has 2 atom stereocenters. The fraction of sp³-hybridized carbons (Fsp3) is 0.500. The molecule has 0 amide bonds. The summed E-state index contributed by atoms with van der Waals surface area (Å²) < 4.78 is 5.18. The van der Waals surface area contributed by atoms with Crippen molar-refractivity contribution >= 4 is 6.08 Å². The van der Waals surface area contributed by atoms with Crippen LogP contribution in [-0.4, -0.2) is 29.3 Å². The number of aliphatic hydroxyl groups is 1. The van der Waals surface area contributed by atoms with Gasteiger partial charge in [0.05, 0.1) is 6.61 Å². The summed E-state index contributed by atoms with van der Waals surface area (Å²) >= 11 is 0. The highest BCUT2D eigenvalue weighted by molar-refractivity contribution is 5.42. The summed E-state index contributed by atoms with van der Waals surface area (Å²) in [7, 11) is 0. The van der Waals surface area contributed by atoms with Crippen molar-refractivity contribution in [1.29, 1.82) is 0 Å². The topological polar surface area (TPSA) is 58.3 Å². The van der Waals surface area contributed by atoms with E-state index in [9.17, 15) is 5.11 Å². The van der Waals surface area contributed by atoms with Crippen molar-refractivity contribution < 1.29 is 9.52 Å². The largest absolute Gasteiger partial charge is 0.449 e. The van der Waals surface area contributed by atoms with E-state index < -0.39 is 0 Å². The molecule has 1 saturated heterocycles. The maximum absolute atomic E-state index is 9.45. The van der Waals surface area contributed by atoms with E-state index in [0.717, 1.165) is 31.5 Å². The van der Waals surface area contributed by atoms with Gasteiger partial charge >= 0.3 is 0 Å². The standard InChI is InChI=1S/C22H30N2O2/c1-17-24-20(16-26-17)8-6-4-2-3-5-7-18-9-11-19(12-10-18)21-13-14-23-22(21)15-25/h6,8-12,16,21-23,25H,2-5,7,13-15H2,1H3/b8-6+/t21-,22-/m1/s1. The third-order valence-electron chi connectivity index (χ3n) is 5.21. The maximum atomic E-state index is 9.45. The molecular formula is C22H30N2O2. The molecule has 1 aromatic carbocycles. The minimum atomic E-state index is 0.218. The molecule has 2 aromatic rings. The van der Waals surface area contributed by atoms with Crippen LogP contribution < -0.4 is 5.32 Å². The monoisotopic (exact) mass is 354 g/mol. The van der Waals surface area contributed by atoms with E-state index in [4.69, 9.17) is 4.42 Å². The van der Waals surface area contributed by atoms with Crippen molar-refractivity contribution in [3.05, 3.63) is 59.3 Å². The number of nitrogens with zero attached hydrogens (tertiary/aromatic N) is 1. The quantitative estimate of drug-likeness (QED) is 0.662. The second kappa shape index (κ2) is 9.70. The zero-order valence-electron chi connectivity index (χ0n) is 15.7. The Labute approximate surface area is 156 Å². The van der Waals surface area contributed by atoms with Crippen LogP contribution in [0.25, 0.3) is 6.08 Å². The first-order valence-electron chi connectivity index (χ1n) is 9.78. The highest BCUT2D eigenvalue weighted by atomic mass is 16.3. The molecule has 0 unspecified atom stereocenters. The Hall–Kier alpha value is -1.91. The average Bonchev–Trinajstić information content (AvgIpc) is 3.30. The number of aliphatic hydroxyl groups excluding tert-OH is 1. The first-order chi connectivity index (χ1) is 12.8. The minimum Gasteiger partial charge on any atom is -0.449 e. The van der Waals surface area contributed by atoms with E-state index in [1.165, 1.54) is 30.4 Å². The molecule has 0 bridgehead atoms. The van der Waals surface area contributed by atoms with Gasteiger partial charge in [0.15, 0.2) is 5.89 Å². The van der Waals surface area contributed by atoms with E-state index in [2.05, 4.69) is 40.6 Å².